The van der Waals surface area contributed by atoms with Crippen LogP contribution in [0.1, 0.15) is 67.2 Å². The fraction of sp³-hybridized carbons (Fsp3) is 0.520. The molecule has 1 fully saturated rings. The third-order valence-electron chi connectivity index (χ3n) is 6.49. The van der Waals surface area contributed by atoms with Gasteiger partial charge in [-0.2, -0.15) is 39.5 Å². The molecule has 1 aromatic carbocycles. The summed E-state index contributed by atoms with van der Waals surface area (Å²) in [5, 5.41) is 2.80. The first-order valence-electron chi connectivity index (χ1n) is 12.0. The predicted octanol–water partition coefficient (Wildman–Crippen LogP) is 7.50. The number of hydrogen-bond donors (Lipinski definition) is 1. The van der Waals surface area contributed by atoms with E-state index in [-0.39, 0.29) is 35.3 Å². The number of carbonyl (C=O) groups is 1. The number of halogens is 9. The smallest absolute Gasteiger partial charge is 0.433 e. The SMILES string of the molecule is CC(C)OC(=O)N1c2ccc(C(F)(F)F)nc2[C@H](NCc2cc(C(F)(F)F)cc(C(F)(F)F)c2)C[C@@H]1C1CC1. The van der Waals surface area contributed by atoms with E-state index in [0.717, 1.165) is 18.9 Å². The molecule has 4 rings (SSSR count). The number of aromatic nitrogens is 1. The van der Waals surface area contributed by atoms with Crippen molar-refractivity contribution in [1.82, 2.24) is 10.3 Å². The number of fused-ring (bicyclic) bond motifs is 1. The van der Waals surface area contributed by atoms with E-state index in [0.29, 0.717) is 18.2 Å². The molecule has 14 heteroatoms. The summed E-state index contributed by atoms with van der Waals surface area (Å²) in [5.41, 5.74) is -4.80. The molecular formula is C25H24F9N3O2. The Morgan fingerprint density at radius 2 is 1.56 bits per heavy atom. The van der Waals surface area contributed by atoms with Crippen molar-refractivity contribution in [2.24, 2.45) is 5.92 Å². The average molecular weight is 569 g/mol. The maximum absolute atomic E-state index is 13.5. The van der Waals surface area contributed by atoms with Gasteiger partial charge in [-0.15, -0.1) is 0 Å². The lowest BCUT2D eigenvalue weighted by atomic mass is 9.91. The minimum absolute atomic E-state index is 0.00207. The van der Waals surface area contributed by atoms with Gasteiger partial charge in [0.2, 0.25) is 0 Å². The van der Waals surface area contributed by atoms with Gasteiger partial charge >= 0.3 is 24.6 Å². The fourth-order valence-electron chi connectivity index (χ4n) is 4.64. The zero-order valence-corrected chi connectivity index (χ0v) is 20.6. The molecule has 1 aliphatic carbocycles. The van der Waals surface area contributed by atoms with Crippen molar-refractivity contribution in [1.29, 1.82) is 0 Å². The normalized spacial score (nSPS) is 20.3. The summed E-state index contributed by atoms with van der Waals surface area (Å²) in [6.07, 6.45) is -14.7. The van der Waals surface area contributed by atoms with Crippen LogP contribution in [0.3, 0.4) is 0 Å². The Kier molecular flexibility index (Phi) is 7.56. The van der Waals surface area contributed by atoms with Crippen LogP contribution in [0, 0.1) is 5.92 Å². The highest BCUT2D eigenvalue weighted by molar-refractivity contribution is 5.90. The molecule has 0 spiro atoms. The standard InChI is InChI=1S/C25H24F9N3O2/c1-12(2)39-22(38)37-18-5-6-20(25(32,33)34)36-21(18)17(10-19(37)14-3-4-14)35-11-13-7-15(23(26,27)28)9-16(8-13)24(29,30)31/h5-9,12,14,17,19,35H,3-4,10-11H2,1-2H3/t17-,19-/m1/s1. The summed E-state index contributed by atoms with van der Waals surface area (Å²) in [6.45, 7) is 2.69. The van der Waals surface area contributed by atoms with E-state index in [1.54, 1.807) is 13.8 Å². The molecule has 1 amide bonds. The van der Waals surface area contributed by atoms with Crippen molar-refractivity contribution in [3.63, 3.8) is 0 Å². The van der Waals surface area contributed by atoms with Crippen LogP contribution in [0.5, 0.6) is 0 Å². The van der Waals surface area contributed by atoms with Crippen molar-refractivity contribution >= 4 is 11.8 Å². The minimum atomic E-state index is -5.05. The molecule has 214 valence electrons. The molecule has 0 bridgehead atoms. The van der Waals surface area contributed by atoms with Gasteiger partial charge in [0.15, 0.2) is 0 Å². The van der Waals surface area contributed by atoms with Crippen LogP contribution >= 0.6 is 0 Å². The number of pyridine rings is 1. The third-order valence-corrected chi connectivity index (χ3v) is 6.49. The lowest BCUT2D eigenvalue weighted by molar-refractivity contribution is -0.143. The summed E-state index contributed by atoms with van der Waals surface area (Å²) >= 11 is 0. The van der Waals surface area contributed by atoms with Gasteiger partial charge in [-0.25, -0.2) is 9.78 Å². The van der Waals surface area contributed by atoms with Crippen molar-refractivity contribution in [3.05, 3.63) is 58.4 Å². The maximum Gasteiger partial charge on any atom is 0.433 e. The molecule has 0 radical (unpaired) electrons. The van der Waals surface area contributed by atoms with Gasteiger partial charge in [0.1, 0.15) is 5.69 Å². The number of ether oxygens (including phenoxy) is 1. The number of anilines is 1. The molecule has 1 N–H and O–H groups in total. The van der Waals surface area contributed by atoms with Crippen LogP contribution in [0.25, 0.3) is 0 Å². The van der Waals surface area contributed by atoms with Gasteiger partial charge in [0.25, 0.3) is 0 Å². The van der Waals surface area contributed by atoms with Crippen LogP contribution in [0.4, 0.5) is 50.0 Å². The summed E-state index contributed by atoms with van der Waals surface area (Å²) in [5.74, 6) is -0.00477. The van der Waals surface area contributed by atoms with Crippen LogP contribution in [-0.2, 0) is 29.8 Å². The first kappa shape index (κ1) is 29.0. The quantitative estimate of drug-likeness (QED) is 0.379. The Balaban J connectivity index is 1.73. The number of nitrogens with one attached hydrogen (secondary N) is 1. The van der Waals surface area contributed by atoms with E-state index in [2.05, 4.69) is 10.3 Å². The van der Waals surface area contributed by atoms with Gasteiger partial charge in [-0.3, -0.25) is 4.90 Å². The molecule has 2 aliphatic rings. The number of hydrogen-bond acceptors (Lipinski definition) is 4. The molecule has 1 aromatic heterocycles. The van der Waals surface area contributed by atoms with E-state index in [1.165, 1.54) is 4.90 Å². The Hall–Kier alpha value is -3.03. The Morgan fingerprint density at radius 3 is 2.05 bits per heavy atom. The molecule has 2 heterocycles. The lowest BCUT2D eigenvalue weighted by Gasteiger charge is -2.40. The van der Waals surface area contributed by atoms with Gasteiger partial charge in [0.05, 0.1) is 34.7 Å². The topological polar surface area (TPSA) is 54.5 Å². The summed E-state index contributed by atoms with van der Waals surface area (Å²) < 4.78 is 125. The largest absolute Gasteiger partial charge is 0.446 e. The van der Waals surface area contributed by atoms with E-state index in [9.17, 15) is 44.3 Å². The molecule has 0 unspecified atom stereocenters. The van der Waals surface area contributed by atoms with Gasteiger partial charge in [-0.05, 0) is 74.9 Å². The number of benzene rings is 1. The van der Waals surface area contributed by atoms with E-state index >= 15 is 0 Å². The average Bonchev–Trinajstić information content (AvgIpc) is 3.64. The molecule has 2 aromatic rings. The second-order valence-electron chi connectivity index (χ2n) is 9.89. The first-order chi connectivity index (χ1) is 17.9. The zero-order chi connectivity index (χ0) is 28.9. The highest BCUT2D eigenvalue weighted by atomic mass is 19.4. The highest BCUT2D eigenvalue weighted by Gasteiger charge is 2.46. The maximum atomic E-state index is 13.5. The van der Waals surface area contributed by atoms with Crippen molar-refractivity contribution in [3.8, 4) is 0 Å². The molecule has 2 atom stereocenters. The van der Waals surface area contributed by atoms with Crippen molar-refractivity contribution in [2.45, 2.75) is 76.4 Å². The van der Waals surface area contributed by atoms with Gasteiger partial charge in [-0.1, -0.05) is 0 Å². The summed E-state index contributed by atoms with van der Waals surface area (Å²) in [4.78, 5) is 17.9. The lowest BCUT2D eigenvalue weighted by Crippen LogP contribution is -2.49. The first-order valence-corrected chi connectivity index (χ1v) is 12.0. The number of rotatable bonds is 5. The number of nitrogens with zero attached hydrogens (tertiary/aromatic N) is 2. The van der Waals surface area contributed by atoms with Crippen LogP contribution < -0.4 is 10.2 Å². The molecule has 1 saturated carbocycles. The molecular weight excluding hydrogens is 545 g/mol. The second kappa shape index (κ2) is 10.2. The van der Waals surface area contributed by atoms with Gasteiger partial charge < -0.3 is 10.1 Å². The number of alkyl halides is 9. The Bertz CT molecular complexity index is 1190. The Morgan fingerprint density at radius 1 is 0.974 bits per heavy atom. The predicted molar refractivity (Wildman–Crippen MR) is 120 cm³/mol. The van der Waals surface area contributed by atoms with Crippen LogP contribution in [0.15, 0.2) is 30.3 Å². The van der Waals surface area contributed by atoms with E-state index in [1.807, 2.05) is 0 Å². The van der Waals surface area contributed by atoms with Crippen molar-refractivity contribution < 1.29 is 49.0 Å². The minimum Gasteiger partial charge on any atom is -0.446 e. The zero-order valence-electron chi connectivity index (χ0n) is 20.6. The van der Waals surface area contributed by atoms with E-state index in [4.69, 9.17) is 4.74 Å². The number of amides is 1. The molecule has 39 heavy (non-hydrogen) atoms. The third kappa shape index (κ3) is 6.59. The molecule has 0 saturated heterocycles. The molecule has 5 nitrogen and oxygen atoms in total. The summed E-state index contributed by atoms with van der Waals surface area (Å²) in [6, 6.07) is 1.38. The van der Waals surface area contributed by atoms with Gasteiger partial charge in [0, 0.05) is 12.6 Å². The molecule has 1 aliphatic heterocycles. The van der Waals surface area contributed by atoms with Crippen LogP contribution in [0.2, 0.25) is 0 Å². The number of carbonyl (C=O) groups excluding carboxylic acids is 1. The van der Waals surface area contributed by atoms with Crippen LogP contribution in [-0.4, -0.2) is 23.2 Å². The Labute approximate surface area is 217 Å². The van der Waals surface area contributed by atoms with E-state index < -0.39 is 66.2 Å². The fourth-order valence-corrected chi connectivity index (χ4v) is 4.64. The monoisotopic (exact) mass is 569 g/mol. The van der Waals surface area contributed by atoms with Crippen molar-refractivity contribution in [2.75, 3.05) is 4.90 Å². The summed E-state index contributed by atoms with van der Waals surface area (Å²) in [7, 11) is 0. The second-order valence-corrected chi connectivity index (χ2v) is 9.89. The highest BCUT2D eigenvalue weighted by Crippen LogP contribution is 2.47.